The maximum Gasteiger partial charge on any atom is 0.262 e. The van der Waals surface area contributed by atoms with Crippen molar-refractivity contribution >= 4 is 17.5 Å². The average Bonchev–Trinajstić information content (AvgIpc) is 2.59. The molecule has 2 amide bonds. The molecule has 0 aliphatic carbocycles. The smallest absolute Gasteiger partial charge is 0.262 e. The van der Waals surface area contributed by atoms with E-state index >= 15 is 0 Å². The number of ether oxygens (including phenoxy) is 2. The molecule has 0 saturated carbocycles. The number of hydrogen-bond acceptors (Lipinski definition) is 4. The largest absolute Gasteiger partial charge is 0.497 e. The van der Waals surface area contributed by atoms with Gasteiger partial charge in [0.05, 0.1) is 12.8 Å². The number of fused-ring (bicyclic) bond motifs is 1. The zero-order valence-electron chi connectivity index (χ0n) is 12.6. The maximum atomic E-state index is 12.2. The first kappa shape index (κ1) is 14.9. The molecule has 1 aliphatic rings. The standard InChI is InChI=1S/C17H16N2O4/c1-22-13-4-2-3-12(8-13)17(21)18-9-11-5-6-15-14(7-11)19-16(20)10-23-15/h2-8H,9-10H2,1H3,(H,18,21)(H,19,20). The minimum Gasteiger partial charge on any atom is -0.497 e. The van der Waals surface area contributed by atoms with Crippen LogP contribution in [0.15, 0.2) is 42.5 Å². The summed E-state index contributed by atoms with van der Waals surface area (Å²) in [6.07, 6.45) is 0. The summed E-state index contributed by atoms with van der Waals surface area (Å²) in [6.45, 7) is 0.373. The van der Waals surface area contributed by atoms with Gasteiger partial charge in [0.1, 0.15) is 11.5 Å². The number of methoxy groups -OCH3 is 1. The SMILES string of the molecule is COc1cccc(C(=O)NCc2ccc3c(c2)NC(=O)CO3)c1. The first-order valence-corrected chi connectivity index (χ1v) is 7.13. The Morgan fingerprint density at radius 3 is 3.00 bits per heavy atom. The Balaban J connectivity index is 1.67. The minimum atomic E-state index is -0.193. The number of rotatable bonds is 4. The Morgan fingerprint density at radius 2 is 2.17 bits per heavy atom. The van der Waals surface area contributed by atoms with Crippen LogP contribution in [0.5, 0.6) is 11.5 Å². The van der Waals surface area contributed by atoms with Crippen molar-refractivity contribution < 1.29 is 19.1 Å². The highest BCUT2D eigenvalue weighted by Gasteiger charge is 2.16. The molecule has 0 atom stereocenters. The van der Waals surface area contributed by atoms with E-state index < -0.39 is 0 Å². The van der Waals surface area contributed by atoms with Gasteiger partial charge in [-0.2, -0.15) is 0 Å². The lowest BCUT2D eigenvalue weighted by Gasteiger charge is -2.18. The number of hydrogen-bond donors (Lipinski definition) is 2. The fourth-order valence-electron chi connectivity index (χ4n) is 2.29. The van der Waals surface area contributed by atoms with E-state index in [0.29, 0.717) is 29.3 Å². The van der Waals surface area contributed by atoms with Crippen LogP contribution in [0.3, 0.4) is 0 Å². The monoisotopic (exact) mass is 312 g/mol. The van der Waals surface area contributed by atoms with Crippen molar-refractivity contribution in [1.29, 1.82) is 0 Å². The molecule has 0 fully saturated rings. The van der Waals surface area contributed by atoms with E-state index in [0.717, 1.165) is 5.56 Å². The molecular formula is C17H16N2O4. The summed E-state index contributed by atoms with van der Waals surface area (Å²) in [7, 11) is 1.56. The number of amides is 2. The molecule has 118 valence electrons. The molecule has 6 nitrogen and oxygen atoms in total. The molecule has 23 heavy (non-hydrogen) atoms. The molecule has 1 heterocycles. The summed E-state index contributed by atoms with van der Waals surface area (Å²) in [5.74, 6) is 0.885. The zero-order valence-corrected chi connectivity index (χ0v) is 12.6. The van der Waals surface area contributed by atoms with Crippen molar-refractivity contribution in [1.82, 2.24) is 5.32 Å². The third kappa shape index (κ3) is 3.42. The summed E-state index contributed by atoms with van der Waals surface area (Å²) in [4.78, 5) is 23.5. The molecule has 0 bridgehead atoms. The Morgan fingerprint density at radius 1 is 1.30 bits per heavy atom. The molecular weight excluding hydrogens is 296 g/mol. The van der Waals surface area contributed by atoms with Gasteiger partial charge in [-0.15, -0.1) is 0 Å². The summed E-state index contributed by atoms with van der Waals surface area (Å²) < 4.78 is 10.4. The second-order valence-electron chi connectivity index (χ2n) is 5.08. The highest BCUT2D eigenvalue weighted by atomic mass is 16.5. The van der Waals surface area contributed by atoms with Crippen molar-refractivity contribution in [2.75, 3.05) is 19.0 Å². The lowest BCUT2D eigenvalue weighted by Crippen LogP contribution is -2.26. The van der Waals surface area contributed by atoms with E-state index in [1.54, 1.807) is 43.5 Å². The van der Waals surface area contributed by atoms with Gasteiger partial charge in [-0.05, 0) is 35.9 Å². The van der Waals surface area contributed by atoms with Crippen molar-refractivity contribution in [3.8, 4) is 11.5 Å². The van der Waals surface area contributed by atoms with Gasteiger partial charge in [-0.1, -0.05) is 12.1 Å². The Labute approximate surface area is 133 Å². The van der Waals surface area contributed by atoms with E-state index in [-0.39, 0.29) is 18.4 Å². The summed E-state index contributed by atoms with van der Waals surface area (Å²) in [5, 5.41) is 5.58. The molecule has 6 heteroatoms. The Hall–Kier alpha value is -3.02. The summed E-state index contributed by atoms with van der Waals surface area (Å²) in [5.41, 5.74) is 2.01. The van der Waals surface area contributed by atoms with Crippen LogP contribution in [-0.2, 0) is 11.3 Å². The Bertz CT molecular complexity index is 758. The van der Waals surface area contributed by atoms with Crippen LogP contribution >= 0.6 is 0 Å². The van der Waals surface area contributed by atoms with Crippen LogP contribution in [0.4, 0.5) is 5.69 Å². The van der Waals surface area contributed by atoms with Gasteiger partial charge in [0.15, 0.2) is 6.61 Å². The van der Waals surface area contributed by atoms with Gasteiger partial charge in [-0.3, -0.25) is 9.59 Å². The maximum absolute atomic E-state index is 12.2. The van der Waals surface area contributed by atoms with Crippen LogP contribution in [0, 0.1) is 0 Å². The van der Waals surface area contributed by atoms with E-state index in [1.165, 1.54) is 0 Å². The molecule has 2 N–H and O–H groups in total. The second-order valence-corrected chi connectivity index (χ2v) is 5.08. The van der Waals surface area contributed by atoms with Gasteiger partial charge in [0.2, 0.25) is 0 Å². The highest BCUT2D eigenvalue weighted by molar-refractivity contribution is 5.96. The summed E-state index contributed by atoms with van der Waals surface area (Å²) in [6, 6.07) is 12.4. The first-order valence-electron chi connectivity index (χ1n) is 7.13. The van der Waals surface area contributed by atoms with Crippen molar-refractivity contribution in [2.45, 2.75) is 6.54 Å². The van der Waals surface area contributed by atoms with E-state index in [9.17, 15) is 9.59 Å². The van der Waals surface area contributed by atoms with Crippen molar-refractivity contribution in [3.63, 3.8) is 0 Å². The summed E-state index contributed by atoms with van der Waals surface area (Å²) >= 11 is 0. The fraction of sp³-hybridized carbons (Fsp3) is 0.176. The predicted molar refractivity (Wildman–Crippen MR) is 84.7 cm³/mol. The molecule has 3 rings (SSSR count). The quantitative estimate of drug-likeness (QED) is 0.905. The number of benzene rings is 2. The molecule has 0 spiro atoms. The molecule has 0 aromatic heterocycles. The van der Waals surface area contributed by atoms with Crippen molar-refractivity contribution in [2.24, 2.45) is 0 Å². The van der Waals surface area contributed by atoms with Gasteiger partial charge in [0, 0.05) is 12.1 Å². The molecule has 0 unspecified atom stereocenters. The molecule has 0 radical (unpaired) electrons. The van der Waals surface area contributed by atoms with Crippen LogP contribution in [0.2, 0.25) is 0 Å². The van der Waals surface area contributed by atoms with E-state index in [1.807, 2.05) is 6.07 Å². The second kappa shape index (κ2) is 6.39. The molecule has 0 saturated heterocycles. The minimum absolute atomic E-state index is 0.0267. The number of carbonyl (C=O) groups is 2. The third-order valence-electron chi connectivity index (χ3n) is 3.46. The fourth-order valence-corrected chi connectivity index (χ4v) is 2.29. The average molecular weight is 312 g/mol. The molecule has 1 aliphatic heterocycles. The lowest BCUT2D eigenvalue weighted by atomic mass is 10.1. The van der Waals surface area contributed by atoms with Crippen LogP contribution in [0.25, 0.3) is 0 Å². The van der Waals surface area contributed by atoms with E-state index in [2.05, 4.69) is 10.6 Å². The van der Waals surface area contributed by atoms with Gasteiger partial charge >= 0.3 is 0 Å². The van der Waals surface area contributed by atoms with Gasteiger partial charge < -0.3 is 20.1 Å². The van der Waals surface area contributed by atoms with Crippen LogP contribution in [0.1, 0.15) is 15.9 Å². The molecule has 2 aromatic carbocycles. The van der Waals surface area contributed by atoms with Crippen LogP contribution < -0.4 is 20.1 Å². The number of nitrogens with one attached hydrogen (secondary N) is 2. The topological polar surface area (TPSA) is 76.7 Å². The number of carbonyl (C=O) groups excluding carboxylic acids is 2. The third-order valence-corrected chi connectivity index (χ3v) is 3.46. The Kier molecular flexibility index (Phi) is 4.14. The normalized spacial score (nSPS) is 12.7. The van der Waals surface area contributed by atoms with Crippen LogP contribution in [-0.4, -0.2) is 25.5 Å². The predicted octanol–water partition coefficient (Wildman–Crippen LogP) is 1.96. The van der Waals surface area contributed by atoms with E-state index in [4.69, 9.17) is 9.47 Å². The zero-order chi connectivity index (χ0) is 16.2. The lowest BCUT2D eigenvalue weighted by molar-refractivity contribution is -0.118. The first-order chi connectivity index (χ1) is 11.2. The van der Waals surface area contributed by atoms with Crippen molar-refractivity contribution in [3.05, 3.63) is 53.6 Å². The van der Waals surface area contributed by atoms with Gasteiger partial charge in [0.25, 0.3) is 11.8 Å². The number of anilines is 1. The highest BCUT2D eigenvalue weighted by Crippen LogP contribution is 2.28. The molecule has 2 aromatic rings. The van der Waals surface area contributed by atoms with Gasteiger partial charge in [-0.25, -0.2) is 0 Å².